The molecule has 2 aromatic carbocycles. The molecule has 1 heterocycles. The van der Waals surface area contributed by atoms with Gasteiger partial charge in [0.25, 0.3) is 11.6 Å². The van der Waals surface area contributed by atoms with Gasteiger partial charge in [-0.25, -0.2) is 4.79 Å². The first-order valence-corrected chi connectivity index (χ1v) is 8.81. The van der Waals surface area contributed by atoms with Crippen molar-refractivity contribution in [2.75, 3.05) is 5.32 Å². The largest absolute Gasteiger partial charge is 0.327 e. The lowest BCUT2D eigenvalue weighted by Crippen LogP contribution is -2.46. The van der Waals surface area contributed by atoms with Crippen molar-refractivity contribution in [3.05, 3.63) is 79.5 Å². The number of hydrogen-bond acceptors (Lipinski definition) is 4. The third kappa shape index (κ3) is 4.08. The summed E-state index contributed by atoms with van der Waals surface area (Å²) < 4.78 is 0. The van der Waals surface area contributed by atoms with Gasteiger partial charge in [0.1, 0.15) is 5.02 Å². The molecule has 28 heavy (non-hydrogen) atoms. The van der Waals surface area contributed by atoms with E-state index in [1.165, 1.54) is 18.2 Å². The van der Waals surface area contributed by atoms with Crippen molar-refractivity contribution in [3.63, 3.8) is 0 Å². The molecular weight excluding hydrogens is 407 g/mol. The molecule has 1 aliphatic rings. The molecule has 0 saturated heterocycles. The number of benzene rings is 2. The van der Waals surface area contributed by atoms with Crippen LogP contribution in [-0.2, 0) is 4.79 Å². The summed E-state index contributed by atoms with van der Waals surface area (Å²) in [6, 6.07) is 9.26. The Morgan fingerprint density at radius 1 is 1.21 bits per heavy atom. The van der Waals surface area contributed by atoms with Gasteiger partial charge in [-0.1, -0.05) is 35.3 Å². The molecular formula is C18H14Cl2N4O4. The molecule has 0 spiro atoms. The summed E-state index contributed by atoms with van der Waals surface area (Å²) in [4.78, 5) is 35.4. The Kier molecular flexibility index (Phi) is 5.53. The van der Waals surface area contributed by atoms with Crippen molar-refractivity contribution >= 4 is 46.5 Å². The SMILES string of the molecule is CC1=C(C(=O)Nc2cccc(Cl)c2)[C@H](c2ccc(Cl)c([N+](=O)[O-])c2)NC(=O)N1. The van der Waals surface area contributed by atoms with Gasteiger partial charge in [-0.2, -0.15) is 0 Å². The number of allylic oxidation sites excluding steroid dienone is 1. The highest BCUT2D eigenvalue weighted by Gasteiger charge is 2.32. The fraction of sp³-hybridized carbons (Fsp3) is 0.111. The number of rotatable bonds is 4. The molecule has 3 amide bonds. The van der Waals surface area contributed by atoms with Crippen LogP contribution in [0.25, 0.3) is 0 Å². The van der Waals surface area contributed by atoms with Gasteiger partial charge >= 0.3 is 6.03 Å². The van der Waals surface area contributed by atoms with E-state index in [4.69, 9.17) is 23.2 Å². The normalized spacial score (nSPS) is 16.2. The number of carbonyl (C=O) groups excluding carboxylic acids is 2. The third-order valence-corrected chi connectivity index (χ3v) is 4.65. The van der Waals surface area contributed by atoms with Crippen LogP contribution in [0.4, 0.5) is 16.2 Å². The maximum Gasteiger partial charge on any atom is 0.319 e. The number of anilines is 1. The van der Waals surface area contributed by atoms with Gasteiger partial charge in [-0.3, -0.25) is 14.9 Å². The highest BCUT2D eigenvalue weighted by molar-refractivity contribution is 6.32. The summed E-state index contributed by atoms with van der Waals surface area (Å²) in [6.45, 7) is 1.57. The van der Waals surface area contributed by atoms with Crippen LogP contribution in [0, 0.1) is 10.1 Å². The monoisotopic (exact) mass is 420 g/mol. The van der Waals surface area contributed by atoms with Crippen LogP contribution in [-0.4, -0.2) is 16.9 Å². The van der Waals surface area contributed by atoms with Crippen molar-refractivity contribution in [2.45, 2.75) is 13.0 Å². The second-order valence-corrected chi connectivity index (χ2v) is 6.85. The summed E-state index contributed by atoms with van der Waals surface area (Å²) in [5, 5.41) is 19.5. The Morgan fingerprint density at radius 3 is 2.64 bits per heavy atom. The summed E-state index contributed by atoms with van der Waals surface area (Å²) in [7, 11) is 0. The van der Waals surface area contributed by atoms with Crippen molar-refractivity contribution in [2.24, 2.45) is 0 Å². The van der Waals surface area contributed by atoms with Crippen LogP contribution in [0.15, 0.2) is 53.7 Å². The van der Waals surface area contributed by atoms with Crippen LogP contribution in [0.3, 0.4) is 0 Å². The Hall–Kier alpha value is -3.10. The highest BCUT2D eigenvalue weighted by atomic mass is 35.5. The maximum absolute atomic E-state index is 12.9. The van der Waals surface area contributed by atoms with Crippen molar-refractivity contribution in [1.82, 2.24) is 10.6 Å². The molecule has 3 N–H and O–H groups in total. The summed E-state index contributed by atoms with van der Waals surface area (Å²) in [5.41, 5.74) is 1.03. The summed E-state index contributed by atoms with van der Waals surface area (Å²) in [6.07, 6.45) is 0. The van der Waals surface area contributed by atoms with Crippen molar-refractivity contribution in [3.8, 4) is 0 Å². The zero-order chi connectivity index (χ0) is 20.4. The van der Waals surface area contributed by atoms with Crippen LogP contribution in [0.2, 0.25) is 10.0 Å². The Labute approximate surface area is 169 Å². The first-order valence-electron chi connectivity index (χ1n) is 8.05. The van der Waals surface area contributed by atoms with Crippen LogP contribution in [0.5, 0.6) is 0 Å². The number of urea groups is 1. The van der Waals surface area contributed by atoms with Gasteiger partial charge in [0, 0.05) is 22.5 Å². The molecule has 0 bridgehead atoms. The van der Waals surface area contributed by atoms with Gasteiger partial charge in [0.15, 0.2) is 0 Å². The minimum atomic E-state index is -0.899. The van der Waals surface area contributed by atoms with Crippen molar-refractivity contribution in [1.29, 1.82) is 0 Å². The molecule has 0 radical (unpaired) electrons. The van der Waals surface area contributed by atoms with Gasteiger partial charge in [-0.15, -0.1) is 0 Å². The molecule has 0 unspecified atom stereocenters. The standard InChI is InChI=1S/C18H14Cl2N4O4/c1-9-15(17(25)22-12-4-2-3-11(19)8-12)16(23-18(26)21-9)10-5-6-13(20)14(7-10)24(27)28/h2-8,16H,1H3,(H,22,25)(H2,21,23,26)/t16-/m0/s1. The predicted molar refractivity (Wildman–Crippen MR) is 105 cm³/mol. The predicted octanol–water partition coefficient (Wildman–Crippen LogP) is 4.17. The summed E-state index contributed by atoms with van der Waals surface area (Å²) >= 11 is 11.8. The number of nitro benzene ring substituents is 1. The van der Waals surface area contributed by atoms with Gasteiger partial charge in [0.05, 0.1) is 16.5 Å². The second-order valence-electron chi connectivity index (χ2n) is 6.00. The number of nitro groups is 1. The molecule has 0 aliphatic carbocycles. The minimum absolute atomic E-state index is 0.0420. The first kappa shape index (κ1) is 19.7. The van der Waals surface area contributed by atoms with E-state index in [-0.39, 0.29) is 16.3 Å². The van der Waals surface area contributed by atoms with E-state index in [0.29, 0.717) is 22.0 Å². The zero-order valence-corrected chi connectivity index (χ0v) is 16.0. The molecule has 0 saturated carbocycles. The van der Waals surface area contributed by atoms with E-state index in [2.05, 4.69) is 16.0 Å². The first-order chi connectivity index (χ1) is 13.3. The molecule has 10 heteroatoms. The molecule has 144 valence electrons. The summed E-state index contributed by atoms with van der Waals surface area (Å²) in [5.74, 6) is -0.491. The van der Waals surface area contributed by atoms with Crippen LogP contribution in [0.1, 0.15) is 18.5 Å². The van der Waals surface area contributed by atoms with E-state index in [1.807, 2.05) is 0 Å². The second kappa shape index (κ2) is 7.87. The van der Waals surface area contributed by atoms with Crippen LogP contribution >= 0.6 is 23.2 Å². The fourth-order valence-corrected chi connectivity index (χ4v) is 3.24. The topological polar surface area (TPSA) is 113 Å². The number of amides is 3. The van der Waals surface area contributed by atoms with Gasteiger partial charge in [-0.05, 0) is 36.8 Å². The number of nitrogens with zero attached hydrogens (tertiary/aromatic N) is 1. The lowest BCUT2D eigenvalue weighted by molar-refractivity contribution is -0.384. The Balaban J connectivity index is 2.00. The molecule has 0 aromatic heterocycles. The molecule has 0 fully saturated rings. The van der Waals surface area contributed by atoms with Crippen molar-refractivity contribution < 1.29 is 14.5 Å². The van der Waals surface area contributed by atoms with Gasteiger partial charge in [0.2, 0.25) is 0 Å². The van der Waals surface area contributed by atoms with Gasteiger partial charge < -0.3 is 16.0 Å². The van der Waals surface area contributed by atoms with E-state index in [1.54, 1.807) is 31.2 Å². The highest BCUT2D eigenvalue weighted by Crippen LogP contribution is 2.33. The Bertz CT molecular complexity index is 1020. The number of carbonyl (C=O) groups is 2. The molecule has 1 atom stereocenters. The average molecular weight is 421 g/mol. The molecule has 8 nitrogen and oxygen atoms in total. The van der Waals surface area contributed by atoms with E-state index in [0.717, 1.165) is 0 Å². The van der Waals surface area contributed by atoms with E-state index in [9.17, 15) is 19.7 Å². The Morgan fingerprint density at radius 2 is 1.96 bits per heavy atom. The molecule has 3 rings (SSSR count). The lowest BCUT2D eigenvalue weighted by Gasteiger charge is -2.28. The number of halogens is 2. The number of hydrogen-bond donors (Lipinski definition) is 3. The van der Waals surface area contributed by atoms with E-state index < -0.39 is 22.9 Å². The van der Waals surface area contributed by atoms with Crippen LogP contribution < -0.4 is 16.0 Å². The fourth-order valence-electron chi connectivity index (χ4n) is 2.86. The third-order valence-electron chi connectivity index (χ3n) is 4.10. The number of nitrogens with one attached hydrogen (secondary N) is 3. The average Bonchev–Trinajstić information content (AvgIpc) is 2.61. The smallest absolute Gasteiger partial charge is 0.319 e. The van der Waals surface area contributed by atoms with E-state index >= 15 is 0 Å². The maximum atomic E-state index is 12.9. The molecule has 1 aliphatic heterocycles. The lowest BCUT2D eigenvalue weighted by atomic mass is 9.94. The minimum Gasteiger partial charge on any atom is -0.327 e. The molecule has 2 aromatic rings. The zero-order valence-electron chi connectivity index (χ0n) is 14.5. The quantitative estimate of drug-likeness (QED) is 0.508.